The summed E-state index contributed by atoms with van der Waals surface area (Å²) in [4.78, 5) is 18.0. The van der Waals surface area contributed by atoms with Crippen molar-refractivity contribution in [3.63, 3.8) is 0 Å². The number of thiazole rings is 1. The van der Waals surface area contributed by atoms with E-state index >= 15 is 0 Å². The van der Waals surface area contributed by atoms with Crippen LogP contribution in [-0.2, 0) is 0 Å². The number of ether oxygens (including phenoxy) is 1. The van der Waals surface area contributed by atoms with Gasteiger partial charge in [0.15, 0.2) is 0 Å². The normalized spacial score (nSPS) is 18.7. The van der Waals surface area contributed by atoms with Gasteiger partial charge in [0, 0.05) is 30.6 Å². The number of piperidine rings is 1. The molecule has 23 heavy (non-hydrogen) atoms. The molecule has 0 unspecified atom stereocenters. The zero-order chi connectivity index (χ0) is 16.1. The highest BCUT2D eigenvalue weighted by Gasteiger charge is 2.23. The first-order chi connectivity index (χ1) is 11.2. The average Bonchev–Trinajstić information content (AvgIpc) is 3.10. The largest absolute Gasteiger partial charge is 0.491 e. The van der Waals surface area contributed by atoms with Crippen molar-refractivity contribution in [3.05, 3.63) is 46.4 Å². The van der Waals surface area contributed by atoms with Crippen LogP contribution >= 0.6 is 11.3 Å². The summed E-state index contributed by atoms with van der Waals surface area (Å²) in [5, 5.41) is 12.4. The minimum atomic E-state index is -0.956. The summed E-state index contributed by atoms with van der Waals surface area (Å²) in [5.74, 6) is -0.00838. The zero-order valence-electron chi connectivity index (χ0n) is 12.9. The molecule has 0 radical (unpaired) electrons. The molecule has 1 atom stereocenters. The number of likely N-dealkylation sites (tertiary alicyclic amines) is 1. The van der Waals surface area contributed by atoms with Crippen LogP contribution in [-0.4, -0.2) is 47.2 Å². The van der Waals surface area contributed by atoms with Crippen molar-refractivity contribution in [2.75, 3.05) is 26.2 Å². The number of carboxylic acids is 1. The van der Waals surface area contributed by atoms with Gasteiger partial charge in [0.25, 0.3) is 0 Å². The van der Waals surface area contributed by atoms with E-state index in [-0.39, 0.29) is 5.56 Å². The molecule has 2 heterocycles. The maximum absolute atomic E-state index is 11.2. The molecular weight excluding hydrogens is 312 g/mol. The van der Waals surface area contributed by atoms with Gasteiger partial charge < -0.3 is 9.84 Å². The molecule has 6 heteroatoms. The topological polar surface area (TPSA) is 62.7 Å². The Morgan fingerprint density at radius 1 is 1.43 bits per heavy atom. The Balaban J connectivity index is 1.52. The standard InChI is InChI=1S/C17H20N2O3S/c20-17(21)14-5-1-2-6-15(14)22-10-9-19-8-3-4-13(12-19)16-18-7-11-23-16/h1-2,5-7,11,13H,3-4,8-10,12H2,(H,20,21)/t13-/m0/s1. The minimum Gasteiger partial charge on any atom is -0.491 e. The first-order valence-electron chi connectivity index (χ1n) is 7.81. The van der Waals surface area contributed by atoms with Crippen molar-refractivity contribution in [1.29, 1.82) is 0 Å². The number of aromatic nitrogens is 1. The van der Waals surface area contributed by atoms with E-state index in [4.69, 9.17) is 9.84 Å². The van der Waals surface area contributed by atoms with Crippen LogP contribution in [0.3, 0.4) is 0 Å². The molecule has 0 spiro atoms. The van der Waals surface area contributed by atoms with Gasteiger partial charge in [-0.25, -0.2) is 9.78 Å². The number of carboxylic acid groups (broad SMARTS) is 1. The SMILES string of the molecule is O=C(O)c1ccccc1OCCN1CCC[C@H](c2nccs2)C1. The van der Waals surface area contributed by atoms with E-state index in [2.05, 4.69) is 9.88 Å². The van der Waals surface area contributed by atoms with Crippen LogP contribution in [0.15, 0.2) is 35.8 Å². The smallest absolute Gasteiger partial charge is 0.339 e. The lowest BCUT2D eigenvalue weighted by atomic mass is 9.99. The predicted molar refractivity (Wildman–Crippen MR) is 89.4 cm³/mol. The zero-order valence-corrected chi connectivity index (χ0v) is 13.7. The third-order valence-corrected chi connectivity index (χ3v) is 5.03. The van der Waals surface area contributed by atoms with Gasteiger partial charge in [0.1, 0.15) is 17.9 Å². The van der Waals surface area contributed by atoms with Crippen LogP contribution < -0.4 is 4.74 Å². The second kappa shape index (κ2) is 7.57. The highest BCUT2D eigenvalue weighted by atomic mass is 32.1. The van der Waals surface area contributed by atoms with Crippen LogP contribution in [0.1, 0.15) is 34.1 Å². The van der Waals surface area contributed by atoms with Crippen molar-refractivity contribution in [1.82, 2.24) is 9.88 Å². The molecule has 1 aromatic carbocycles. The monoisotopic (exact) mass is 332 g/mol. The first kappa shape index (κ1) is 16.0. The highest BCUT2D eigenvalue weighted by Crippen LogP contribution is 2.28. The Morgan fingerprint density at radius 3 is 3.09 bits per heavy atom. The molecule has 2 aromatic rings. The highest BCUT2D eigenvalue weighted by molar-refractivity contribution is 7.09. The van der Waals surface area contributed by atoms with Gasteiger partial charge in [0.05, 0.1) is 5.01 Å². The Labute approximate surface area is 139 Å². The van der Waals surface area contributed by atoms with Gasteiger partial charge in [-0.15, -0.1) is 11.3 Å². The number of hydrogen-bond acceptors (Lipinski definition) is 5. The lowest BCUT2D eigenvalue weighted by Gasteiger charge is -2.31. The Bertz CT molecular complexity index is 645. The van der Waals surface area contributed by atoms with Crippen molar-refractivity contribution in [3.8, 4) is 5.75 Å². The second-order valence-electron chi connectivity index (χ2n) is 5.66. The Morgan fingerprint density at radius 2 is 2.30 bits per heavy atom. The van der Waals surface area contributed by atoms with Crippen molar-refractivity contribution < 1.29 is 14.6 Å². The molecule has 5 nitrogen and oxygen atoms in total. The minimum absolute atomic E-state index is 0.215. The lowest BCUT2D eigenvalue weighted by molar-refractivity contribution is 0.0691. The van der Waals surface area contributed by atoms with E-state index in [1.165, 1.54) is 11.4 Å². The maximum atomic E-state index is 11.2. The third kappa shape index (κ3) is 4.09. The van der Waals surface area contributed by atoms with Crippen molar-refractivity contribution in [2.24, 2.45) is 0 Å². The van der Waals surface area contributed by atoms with Crippen LogP contribution in [0.25, 0.3) is 0 Å². The fraction of sp³-hybridized carbons (Fsp3) is 0.412. The summed E-state index contributed by atoms with van der Waals surface area (Å²) >= 11 is 1.72. The van der Waals surface area contributed by atoms with Gasteiger partial charge >= 0.3 is 5.97 Å². The number of benzene rings is 1. The molecule has 0 aliphatic carbocycles. The summed E-state index contributed by atoms with van der Waals surface area (Å²) in [7, 11) is 0. The van der Waals surface area contributed by atoms with Gasteiger partial charge in [-0.05, 0) is 31.5 Å². The molecule has 0 amide bonds. The van der Waals surface area contributed by atoms with Crippen LogP contribution in [0.4, 0.5) is 0 Å². The summed E-state index contributed by atoms with van der Waals surface area (Å²) < 4.78 is 5.69. The van der Waals surface area contributed by atoms with Crippen LogP contribution in [0.5, 0.6) is 5.75 Å². The molecule has 0 saturated carbocycles. The molecule has 1 aliphatic heterocycles. The van der Waals surface area contributed by atoms with E-state index in [0.29, 0.717) is 18.3 Å². The average molecular weight is 332 g/mol. The first-order valence-corrected chi connectivity index (χ1v) is 8.69. The number of para-hydroxylation sites is 1. The summed E-state index contributed by atoms with van der Waals surface area (Å²) in [6.45, 7) is 3.36. The molecule has 1 saturated heterocycles. The quantitative estimate of drug-likeness (QED) is 0.881. The Hall–Kier alpha value is -1.92. The van der Waals surface area contributed by atoms with Crippen molar-refractivity contribution >= 4 is 17.3 Å². The maximum Gasteiger partial charge on any atom is 0.339 e. The fourth-order valence-corrected chi connectivity index (χ4v) is 3.72. The molecule has 1 aromatic heterocycles. The number of rotatable bonds is 6. The molecule has 1 aliphatic rings. The third-order valence-electron chi connectivity index (χ3n) is 4.09. The lowest BCUT2D eigenvalue weighted by Crippen LogP contribution is -2.37. The molecule has 1 fully saturated rings. The molecule has 3 rings (SSSR count). The number of carbonyl (C=O) groups is 1. The second-order valence-corrected chi connectivity index (χ2v) is 6.59. The van der Waals surface area contributed by atoms with Crippen molar-refractivity contribution in [2.45, 2.75) is 18.8 Å². The molecule has 122 valence electrons. The van der Waals surface area contributed by atoms with Gasteiger partial charge in [-0.1, -0.05) is 12.1 Å². The fourth-order valence-electron chi connectivity index (χ4n) is 2.95. The van der Waals surface area contributed by atoms with Gasteiger partial charge in [0.2, 0.25) is 0 Å². The van der Waals surface area contributed by atoms with Crippen LogP contribution in [0, 0.1) is 0 Å². The van der Waals surface area contributed by atoms with Gasteiger partial charge in [-0.3, -0.25) is 4.90 Å². The predicted octanol–water partition coefficient (Wildman–Crippen LogP) is 3.10. The van der Waals surface area contributed by atoms with E-state index in [0.717, 1.165) is 26.1 Å². The molecule has 0 bridgehead atoms. The Kier molecular flexibility index (Phi) is 5.25. The van der Waals surface area contributed by atoms with E-state index in [1.807, 2.05) is 11.6 Å². The molecule has 1 N–H and O–H groups in total. The summed E-state index contributed by atoms with van der Waals surface area (Å²) in [5.41, 5.74) is 0.215. The number of aromatic carboxylic acids is 1. The summed E-state index contributed by atoms with van der Waals surface area (Å²) in [6.07, 6.45) is 4.22. The summed E-state index contributed by atoms with van der Waals surface area (Å²) in [6, 6.07) is 6.77. The number of hydrogen-bond donors (Lipinski definition) is 1. The van der Waals surface area contributed by atoms with Crippen LogP contribution in [0.2, 0.25) is 0 Å². The van der Waals surface area contributed by atoms with E-state index in [1.54, 1.807) is 35.6 Å². The van der Waals surface area contributed by atoms with Gasteiger partial charge in [-0.2, -0.15) is 0 Å². The number of nitrogens with zero attached hydrogens (tertiary/aromatic N) is 2. The van der Waals surface area contributed by atoms with E-state index in [9.17, 15) is 4.79 Å². The molecular formula is C17H20N2O3S. The van der Waals surface area contributed by atoms with E-state index < -0.39 is 5.97 Å².